The Kier molecular flexibility index (Phi) is 4.61. The van der Waals surface area contributed by atoms with Crippen LogP contribution in [0, 0.1) is 0 Å². The Hall–Kier alpha value is -3.08. The Labute approximate surface area is 182 Å². The van der Waals surface area contributed by atoms with E-state index in [4.69, 9.17) is 27.6 Å². The van der Waals surface area contributed by atoms with Gasteiger partial charge in [0.1, 0.15) is 5.58 Å². The fourth-order valence-electron chi connectivity index (χ4n) is 3.91. The summed E-state index contributed by atoms with van der Waals surface area (Å²) in [5.74, 6) is -0.227. The quantitative estimate of drug-likeness (QED) is 0.405. The van der Waals surface area contributed by atoms with Crippen molar-refractivity contribution in [3.8, 4) is 0 Å². The minimum Gasteiger partial charge on any atom is -0.450 e. The lowest BCUT2D eigenvalue weighted by Crippen LogP contribution is -2.29. The minimum atomic E-state index is -0.568. The molecule has 1 amide bonds. The summed E-state index contributed by atoms with van der Waals surface area (Å²) in [6, 6.07) is 20.9. The third-order valence-corrected chi connectivity index (χ3v) is 5.83. The maximum atomic E-state index is 13.4. The topological polar surface area (TPSA) is 50.5 Å². The Morgan fingerprint density at radius 1 is 0.833 bits per heavy atom. The van der Waals surface area contributed by atoms with Crippen LogP contribution in [0.3, 0.4) is 0 Å². The number of nitrogens with zero attached hydrogens (tertiary/aromatic N) is 1. The number of hydrogen-bond donors (Lipinski definition) is 0. The van der Waals surface area contributed by atoms with Crippen LogP contribution in [0.5, 0.6) is 0 Å². The van der Waals surface area contributed by atoms with E-state index in [0.717, 1.165) is 11.1 Å². The predicted molar refractivity (Wildman–Crippen MR) is 117 cm³/mol. The lowest BCUT2D eigenvalue weighted by Gasteiger charge is -2.25. The van der Waals surface area contributed by atoms with E-state index < -0.39 is 6.04 Å². The molecule has 0 saturated heterocycles. The molecular weight excluding hydrogens is 421 g/mol. The average Bonchev–Trinajstić information content (AvgIpc) is 3.03. The zero-order valence-corrected chi connectivity index (χ0v) is 17.2. The van der Waals surface area contributed by atoms with Gasteiger partial charge in [0.25, 0.3) is 5.91 Å². The molecule has 4 aromatic rings. The van der Waals surface area contributed by atoms with Gasteiger partial charge >= 0.3 is 0 Å². The largest absolute Gasteiger partial charge is 0.450 e. The van der Waals surface area contributed by atoms with Gasteiger partial charge in [-0.1, -0.05) is 59.6 Å². The lowest BCUT2D eigenvalue weighted by molar-refractivity contribution is 0.0714. The highest BCUT2D eigenvalue weighted by Gasteiger charge is 2.42. The van der Waals surface area contributed by atoms with Crippen molar-refractivity contribution in [1.82, 2.24) is 4.90 Å². The summed E-state index contributed by atoms with van der Waals surface area (Å²) in [6.07, 6.45) is 0. The first-order valence-corrected chi connectivity index (χ1v) is 10.1. The van der Waals surface area contributed by atoms with E-state index in [1.807, 2.05) is 24.3 Å². The van der Waals surface area contributed by atoms with E-state index in [2.05, 4.69) is 0 Å². The van der Waals surface area contributed by atoms with E-state index in [-0.39, 0.29) is 17.1 Å². The van der Waals surface area contributed by atoms with Gasteiger partial charge in [0.05, 0.1) is 17.0 Å². The molecule has 0 radical (unpaired) electrons. The number of halogens is 2. The van der Waals surface area contributed by atoms with Crippen LogP contribution in [0.15, 0.2) is 82.0 Å². The van der Waals surface area contributed by atoms with Gasteiger partial charge in [0.15, 0.2) is 5.43 Å². The van der Waals surface area contributed by atoms with E-state index in [1.54, 1.807) is 53.4 Å². The summed E-state index contributed by atoms with van der Waals surface area (Å²) in [5, 5.41) is 1.65. The second-order valence-electron chi connectivity index (χ2n) is 7.18. The molecule has 4 nitrogen and oxygen atoms in total. The molecule has 5 rings (SSSR count). The first-order chi connectivity index (χ1) is 14.5. The second kappa shape index (κ2) is 7.31. The number of rotatable bonds is 3. The van der Waals surface area contributed by atoms with Crippen LogP contribution < -0.4 is 5.43 Å². The molecule has 0 aliphatic carbocycles. The highest BCUT2D eigenvalue weighted by Crippen LogP contribution is 2.39. The number of amides is 1. The Morgan fingerprint density at radius 3 is 2.17 bits per heavy atom. The summed E-state index contributed by atoms with van der Waals surface area (Å²) in [5.41, 5.74) is 2.26. The molecule has 0 spiro atoms. The highest BCUT2D eigenvalue weighted by molar-refractivity contribution is 6.30. The van der Waals surface area contributed by atoms with Gasteiger partial charge in [-0.25, -0.2) is 0 Å². The molecule has 148 valence electrons. The van der Waals surface area contributed by atoms with Crippen LogP contribution in [-0.2, 0) is 6.54 Å². The van der Waals surface area contributed by atoms with Gasteiger partial charge in [0.2, 0.25) is 5.76 Å². The summed E-state index contributed by atoms with van der Waals surface area (Å²) in [7, 11) is 0. The second-order valence-corrected chi connectivity index (χ2v) is 8.06. The molecule has 30 heavy (non-hydrogen) atoms. The summed E-state index contributed by atoms with van der Waals surface area (Å²) in [6.45, 7) is 0.309. The van der Waals surface area contributed by atoms with E-state index in [9.17, 15) is 9.59 Å². The maximum absolute atomic E-state index is 13.4. The SMILES string of the molecule is O=C1c2oc3ccccc3c(=O)c2C(c2ccc(Cl)cc2)N1Cc1ccc(Cl)cc1. The van der Waals surface area contributed by atoms with Crippen molar-refractivity contribution in [3.63, 3.8) is 0 Å². The van der Waals surface area contributed by atoms with E-state index >= 15 is 0 Å². The third-order valence-electron chi connectivity index (χ3n) is 5.33. The first kappa shape index (κ1) is 18.9. The standard InChI is InChI=1S/C24H15Cl2NO3/c25-16-9-5-14(6-10-16)13-27-21(15-7-11-17(26)12-8-15)20-22(28)18-3-1-2-4-19(18)30-23(20)24(27)29/h1-12,21H,13H2. The van der Waals surface area contributed by atoms with Crippen LogP contribution in [0.4, 0.5) is 0 Å². The summed E-state index contributed by atoms with van der Waals surface area (Å²) >= 11 is 12.1. The Balaban J connectivity index is 1.71. The van der Waals surface area contributed by atoms with Crippen molar-refractivity contribution in [2.45, 2.75) is 12.6 Å². The molecule has 0 saturated carbocycles. The van der Waals surface area contributed by atoms with Gasteiger partial charge in [-0.2, -0.15) is 0 Å². The zero-order chi connectivity index (χ0) is 20.8. The highest BCUT2D eigenvalue weighted by atomic mass is 35.5. The number of para-hydroxylation sites is 1. The van der Waals surface area contributed by atoms with Gasteiger partial charge in [-0.05, 0) is 47.5 Å². The molecule has 1 aliphatic heterocycles. The lowest BCUT2D eigenvalue weighted by atomic mass is 9.98. The van der Waals surface area contributed by atoms with Gasteiger partial charge in [-0.15, -0.1) is 0 Å². The normalized spacial score (nSPS) is 15.6. The summed E-state index contributed by atoms with van der Waals surface area (Å²) in [4.78, 5) is 28.4. The van der Waals surface area contributed by atoms with E-state index in [1.165, 1.54) is 0 Å². The van der Waals surface area contributed by atoms with Crippen LogP contribution in [-0.4, -0.2) is 10.8 Å². The molecule has 1 aromatic heterocycles. The van der Waals surface area contributed by atoms with Crippen molar-refractivity contribution in [2.24, 2.45) is 0 Å². The predicted octanol–water partition coefficient (Wildman–Crippen LogP) is 5.85. The molecule has 1 unspecified atom stereocenters. The van der Waals surface area contributed by atoms with Crippen molar-refractivity contribution in [3.05, 3.63) is 116 Å². The third kappa shape index (κ3) is 3.09. The molecule has 0 fully saturated rings. The van der Waals surface area contributed by atoms with Gasteiger partial charge in [-0.3, -0.25) is 9.59 Å². The summed E-state index contributed by atoms with van der Waals surface area (Å²) < 4.78 is 5.92. The number of fused-ring (bicyclic) bond motifs is 2. The van der Waals surface area contributed by atoms with Crippen LogP contribution in [0.2, 0.25) is 10.0 Å². The van der Waals surface area contributed by atoms with Crippen LogP contribution in [0.25, 0.3) is 11.0 Å². The maximum Gasteiger partial charge on any atom is 0.291 e. The van der Waals surface area contributed by atoms with Crippen molar-refractivity contribution < 1.29 is 9.21 Å². The zero-order valence-electron chi connectivity index (χ0n) is 15.6. The van der Waals surface area contributed by atoms with Crippen LogP contribution >= 0.6 is 23.2 Å². The fourth-order valence-corrected chi connectivity index (χ4v) is 4.16. The molecule has 0 N–H and O–H groups in total. The molecular formula is C24H15Cl2NO3. The molecule has 1 atom stereocenters. The molecule has 6 heteroatoms. The monoisotopic (exact) mass is 435 g/mol. The number of hydrogen-bond acceptors (Lipinski definition) is 3. The van der Waals surface area contributed by atoms with Gasteiger partial charge < -0.3 is 9.32 Å². The number of carbonyl (C=O) groups excluding carboxylic acids is 1. The Bertz CT molecular complexity index is 1330. The van der Waals surface area contributed by atoms with E-state index in [0.29, 0.717) is 33.1 Å². The van der Waals surface area contributed by atoms with Gasteiger partial charge in [0, 0.05) is 16.6 Å². The van der Waals surface area contributed by atoms with Crippen molar-refractivity contribution >= 4 is 40.1 Å². The fraction of sp³-hybridized carbons (Fsp3) is 0.0833. The average molecular weight is 436 g/mol. The minimum absolute atomic E-state index is 0.0904. The Morgan fingerprint density at radius 2 is 1.47 bits per heavy atom. The molecule has 1 aliphatic rings. The van der Waals surface area contributed by atoms with Crippen molar-refractivity contribution in [1.29, 1.82) is 0 Å². The van der Waals surface area contributed by atoms with Crippen LogP contribution in [0.1, 0.15) is 33.3 Å². The number of benzene rings is 3. The molecule has 0 bridgehead atoms. The first-order valence-electron chi connectivity index (χ1n) is 9.39. The smallest absolute Gasteiger partial charge is 0.291 e. The molecule has 2 heterocycles. The number of carbonyl (C=O) groups is 1. The van der Waals surface area contributed by atoms with Crippen molar-refractivity contribution in [2.75, 3.05) is 0 Å². The molecule has 3 aromatic carbocycles.